The van der Waals surface area contributed by atoms with Gasteiger partial charge in [-0.3, -0.25) is 0 Å². The highest BCUT2D eigenvalue weighted by Gasteiger charge is 2.12. The summed E-state index contributed by atoms with van der Waals surface area (Å²) < 4.78 is 60.3. The van der Waals surface area contributed by atoms with Gasteiger partial charge in [0.1, 0.15) is 0 Å². The molecule has 2 aromatic rings. The summed E-state index contributed by atoms with van der Waals surface area (Å²) in [5.74, 6) is -5.26. The Hall–Kier alpha value is -2.32. The Balaban J connectivity index is 1.96. The van der Waals surface area contributed by atoms with Crippen LogP contribution in [0.4, 0.5) is 17.6 Å². The van der Waals surface area contributed by atoms with E-state index in [4.69, 9.17) is 0 Å². The van der Waals surface area contributed by atoms with Crippen molar-refractivity contribution in [2.75, 3.05) is 0 Å². The van der Waals surface area contributed by atoms with Crippen molar-refractivity contribution in [3.8, 4) is 11.5 Å². The smallest absolute Gasteiger partial charge is 0.523 e. The summed E-state index contributed by atoms with van der Waals surface area (Å²) in [4.78, 5) is 5.72. The van der Waals surface area contributed by atoms with Crippen molar-refractivity contribution in [3.63, 3.8) is 0 Å². The highest BCUT2D eigenvalue weighted by Crippen LogP contribution is 2.16. The van der Waals surface area contributed by atoms with Gasteiger partial charge in [-0.2, -0.15) is 27.5 Å². The monoisotopic (exact) mass is 271 g/mol. The van der Waals surface area contributed by atoms with Crippen molar-refractivity contribution in [3.05, 3.63) is 48.1 Å². The van der Waals surface area contributed by atoms with E-state index in [1.165, 1.54) is 0 Å². The van der Waals surface area contributed by atoms with Gasteiger partial charge in [-0.25, -0.2) is 0 Å². The van der Waals surface area contributed by atoms with Gasteiger partial charge in [0.15, 0.2) is 11.5 Å². The number of aromatic nitrogens is 2. The molecule has 0 aromatic carbocycles. The Morgan fingerprint density at radius 1 is 0.737 bits per heavy atom. The van der Waals surface area contributed by atoms with Crippen LogP contribution in [-0.4, -0.2) is 17.7 Å². The Morgan fingerprint density at radius 2 is 1.16 bits per heavy atom. The molecule has 1 radical (unpaired) electrons. The van der Waals surface area contributed by atoms with Crippen LogP contribution in [0.3, 0.4) is 0 Å². The van der Waals surface area contributed by atoms with E-state index in [1.807, 2.05) is 0 Å². The molecule has 0 unspecified atom stereocenters. The third-order valence-electron chi connectivity index (χ3n) is 1.91. The molecule has 9 heteroatoms. The van der Waals surface area contributed by atoms with Crippen LogP contribution >= 0.6 is 0 Å². The Labute approximate surface area is 105 Å². The lowest BCUT2D eigenvalue weighted by Crippen LogP contribution is -2.13. The van der Waals surface area contributed by atoms with E-state index >= 15 is 0 Å². The van der Waals surface area contributed by atoms with Crippen molar-refractivity contribution < 1.29 is 26.9 Å². The average molecular weight is 271 g/mol. The summed E-state index contributed by atoms with van der Waals surface area (Å²) in [5, 5.41) is 0. The fourth-order valence-corrected chi connectivity index (χ4v) is 1.10. The minimum atomic E-state index is -1.20. The van der Waals surface area contributed by atoms with Gasteiger partial charge in [-0.1, -0.05) is 0 Å². The molecule has 0 N–H and O–H groups in total. The van der Waals surface area contributed by atoms with Crippen LogP contribution in [0.15, 0.2) is 24.3 Å². The van der Waals surface area contributed by atoms with Crippen LogP contribution in [0.2, 0.25) is 0 Å². The summed E-state index contributed by atoms with van der Waals surface area (Å²) in [6, 6.07) is 3.67. The largest absolute Gasteiger partial charge is 0.658 e. The van der Waals surface area contributed by atoms with Gasteiger partial charge in [-0.15, -0.1) is 0 Å². The van der Waals surface area contributed by atoms with Crippen molar-refractivity contribution in [1.29, 1.82) is 0 Å². The molecule has 0 spiro atoms. The summed E-state index contributed by atoms with van der Waals surface area (Å²) in [5.41, 5.74) is 0. The van der Waals surface area contributed by atoms with E-state index in [0.29, 0.717) is 7.69 Å². The molecule has 0 saturated heterocycles. The second kappa shape index (κ2) is 5.55. The van der Waals surface area contributed by atoms with E-state index < -0.39 is 35.3 Å². The van der Waals surface area contributed by atoms with Crippen molar-refractivity contribution >= 4 is 7.69 Å². The standard InChI is InChI=1S/C10H4BF4N2O2/c12-7-3-1-5(9(14)16-7)18-11-19-6-2-4-8(13)17-10(6)15/h1-4H. The number of rotatable bonds is 4. The third-order valence-corrected chi connectivity index (χ3v) is 1.91. The van der Waals surface area contributed by atoms with Crippen molar-refractivity contribution in [2.45, 2.75) is 0 Å². The molecule has 0 fully saturated rings. The predicted molar refractivity (Wildman–Crippen MR) is 55.3 cm³/mol. The third kappa shape index (κ3) is 3.33. The lowest BCUT2D eigenvalue weighted by molar-refractivity contribution is 0.398. The zero-order valence-electron chi connectivity index (χ0n) is 9.11. The van der Waals surface area contributed by atoms with Crippen LogP contribution in [-0.2, 0) is 0 Å². The summed E-state index contributed by atoms with van der Waals surface area (Å²) in [6.07, 6.45) is 0. The first-order valence-corrected chi connectivity index (χ1v) is 4.85. The number of nitrogens with zero attached hydrogens (tertiary/aromatic N) is 2. The Morgan fingerprint density at radius 3 is 1.53 bits per heavy atom. The summed E-state index contributed by atoms with van der Waals surface area (Å²) in [6.45, 7) is 0. The Bertz CT molecular complexity index is 548. The van der Waals surface area contributed by atoms with Crippen LogP contribution in [0.5, 0.6) is 11.5 Å². The van der Waals surface area contributed by atoms with Crippen molar-refractivity contribution in [1.82, 2.24) is 9.97 Å². The maximum Gasteiger partial charge on any atom is 0.658 e. The first-order valence-electron chi connectivity index (χ1n) is 4.85. The van der Waals surface area contributed by atoms with Gasteiger partial charge >= 0.3 is 7.69 Å². The van der Waals surface area contributed by atoms with Crippen LogP contribution in [0, 0.1) is 23.8 Å². The quantitative estimate of drug-likeness (QED) is 0.485. The molecule has 2 rings (SSSR count). The van der Waals surface area contributed by atoms with Crippen LogP contribution in [0.25, 0.3) is 0 Å². The first-order chi connectivity index (χ1) is 9.06. The van der Waals surface area contributed by atoms with Gasteiger partial charge in [-0.05, 0) is 24.3 Å². The molecule has 97 valence electrons. The molecule has 0 aliphatic heterocycles. The van der Waals surface area contributed by atoms with E-state index in [1.54, 1.807) is 0 Å². The minimum Gasteiger partial charge on any atom is -0.523 e. The van der Waals surface area contributed by atoms with E-state index in [-0.39, 0.29) is 0 Å². The topological polar surface area (TPSA) is 44.2 Å². The van der Waals surface area contributed by atoms with Gasteiger partial charge < -0.3 is 9.31 Å². The molecule has 0 atom stereocenters. The first kappa shape index (κ1) is 13.1. The van der Waals surface area contributed by atoms with E-state index in [9.17, 15) is 17.6 Å². The van der Waals surface area contributed by atoms with E-state index in [2.05, 4.69) is 19.3 Å². The van der Waals surface area contributed by atoms with Gasteiger partial charge in [0.05, 0.1) is 0 Å². The number of hydrogen-bond donors (Lipinski definition) is 0. The van der Waals surface area contributed by atoms with Gasteiger partial charge in [0.2, 0.25) is 11.9 Å². The summed E-state index contributed by atoms with van der Waals surface area (Å²) >= 11 is 0. The zero-order chi connectivity index (χ0) is 13.8. The van der Waals surface area contributed by atoms with Gasteiger partial charge in [0, 0.05) is 0 Å². The van der Waals surface area contributed by atoms with Crippen LogP contribution in [0.1, 0.15) is 0 Å². The highest BCUT2D eigenvalue weighted by atomic mass is 19.1. The molecule has 2 aromatic heterocycles. The molecule has 19 heavy (non-hydrogen) atoms. The molecule has 2 heterocycles. The fraction of sp³-hybridized carbons (Fsp3) is 0. The molecule has 4 nitrogen and oxygen atoms in total. The lowest BCUT2D eigenvalue weighted by Gasteiger charge is -2.06. The molecule has 0 aliphatic rings. The lowest BCUT2D eigenvalue weighted by atomic mass is 10.3. The normalized spacial score (nSPS) is 10.1. The highest BCUT2D eigenvalue weighted by molar-refractivity contribution is 6.20. The fourth-order valence-electron chi connectivity index (χ4n) is 1.10. The average Bonchev–Trinajstić information content (AvgIpc) is 2.34. The van der Waals surface area contributed by atoms with Crippen molar-refractivity contribution in [2.24, 2.45) is 0 Å². The van der Waals surface area contributed by atoms with Gasteiger partial charge in [0.25, 0.3) is 11.9 Å². The molecule has 0 aliphatic carbocycles. The van der Waals surface area contributed by atoms with E-state index in [0.717, 1.165) is 24.3 Å². The molecular formula is C10H4BF4N2O2. The minimum absolute atomic E-state index is 0.420. The second-order valence-electron chi connectivity index (χ2n) is 3.18. The predicted octanol–water partition coefficient (Wildman–Crippen LogP) is 2.02. The Kier molecular flexibility index (Phi) is 3.83. The molecule has 0 amide bonds. The zero-order valence-corrected chi connectivity index (χ0v) is 9.11. The maximum atomic E-state index is 13.0. The second-order valence-corrected chi connectivity index (χ2v) is 3.18. The number of halogens is 4. The molecule has 0 bridgehead atoms. The number of hydrogen-bond acceptors (Lipinski definition) is 4. The molecular weight excluding hydrogens is 267 g/mol. The maximum absolute atomic E-state index is 13.0. The van der Waals surface area contributed by atoms with Crippen LogP contribution < -0.4 is 9.31 Å². The number of pyridine rings is 2. The summed E-state index contributed by atoms with van der Waals surface area (Å²) in [7, 11) is 0.579. The molecule has 0 saturated carbocycles. The SMILES string of the molecule is Fc1ccc(O[B]Oc2ccc(F)nc2F)c(F)n1.